The van der Waals surface area contributed by atoms with Gasteiger partial charge in [0.1, 0.15) is 18.1 Å². The van der Waals surface area contributed by atoms with Crippen LogP contribution in [0.1, 0.15) is 26.7 Å². The van der Waals surface area contributed by atoms with Crippen LogP contribution in [0.25, 0.3) is 0 Å². The quantitative estimate of drug-likeness (QED) is 0.137. The SMILES string of the molecule is CCC(C)C(N)C(=O)NC(CC(N)=O)C(=O)NC(CO)C(=O)NC(CS)C(=O)O. The summed E-state index contributed by atoms with van der Waals surface area (Å²) in [6.07, 6.45) is 0.0306. The Balaban J connectivity index is 5.23. The van der Waals surface area contributed by atoms with Gasteiger partial charge >= 0.3 is 5.97 Å². The number of carbonyl (C=O) groups is 5. The fourth-order valence-corrected chi connectivity index (χ4v) is 2.36. The molecule has 0 aliphatic heterocycles. The summed E-state index contributed by atoms with van der Waals surface area (Å²) in [5.41, 5.74) is 10.9. The highest BCUT2D eigenvalue weighted by atomic mass is 32.1. The first-order valence-corrected chi connectivity index (χ1v) is 9.51. The maximum atomic E-state index is 12.4. The minimum atomic E-state index is -1.53. The number of hydrogen-bond acceptors (Lipinski definition) is 8. The smallest absolute Gasteiger partial charge is 0.327 e. The molecular weight excluding hydrogens is 406 g/mol. The molecule has 0 bridgehead atoms. The molecule has 0 heterocycles. The van der Waals surface area contributed by atoms with Crippen LogP contribution in [0.3, 0.4) is 0 Å². The van der Waals surface area contributed by atoms with Crippen LogP contribution in [0.2, 0.25) is 0 Å². The molecule has 0 aromatic rings. The predicted octanol–water partition coefficient (Wildman–Crippen LogP) is -3.30. The van der Waals surface area contributed by atoms with Crippen LogP contribution in [-0.2, 0) is 24.0 Å². The number of nitrogens with two attached hydrogens (primary N) is 2. The Morgan fingerprint density at radius 1 is 0.966 bits per heavy atom. The van der Waals surface area contributed by atoms with Crippen molar-refractivity contribution in [3.05, 3.63) is 0 Å². The van der Waals surface area contributed by atoms with Crippen molar-refractivity contribution in [3.8, 4) is 0 Å². The molecule has 9 N–H and O–H groups in total. The Labute approximate surface area is 173 Å². The van der Waals surface area contributed by atoms with Crippen molar-refractivity contribution in [3.63, 3.8) is 0 Å². The van der Waals surface area contributed by atoms with E-state index >= 15 is 0 Å². The van der Waals surface area contributed by atoms with E-state index < -0.39 is 66.8 Å². The fraction of sp³-hybridized carbons (Fsp3) is 0.688. The third-order valence-electron chi connectivity index (χ3n) is 4.21. The largest absolute Gasteiger partial charge is 0.480 e. The molecule has 12 nitrogen and oxygen atoms in total. The number of rotatable bonds is 13. The van der Waals surface area contributed by atoms with Crippen molar-refractivity contribution >= 4 is 42.2 Å². The molecule has 0 aliphatic rings. The topological polar surface area (TPSA) is 214 Å². The van der Waals surface area contributed by atoms with Crippen LogP contribution in [0.4, 0.5) is 0 Å². The molecule has 13 heteroatoms. The third kappa shape index (κ3) is 9.11. The lowest BCUT2D eigenvalue weighted by molar-refractivity contribution is -0.142. The predicted molar refractivity (Wildman–Crippen MR) is 106 cm³/mol. The van der Waals surface area contributed by atoms with Gasteiger partial charge in [0.2, 0.25) is 23.6 Å². The van der Waals surface area contributed by atoms with E-state index in [4.69, 9.17) is 16.6 Å². The average Bonchev–Trinajstić information content (AvgIpc) is 2.67. The van der Waals surface area contributed by atoms with Crippen LogP contribution in [0.5, 0.6) is 0 Å². The molecule has 0 spiro atoms. The van der Waals surface area contributed by atoms with Gasteiger partial charge in [-0.3, -0.25) is 19.2 Å². The summed E-state index contributed by atoms with van der Waals surface area (Å²) in [5, 5.41) is 24.9. The van der Waals surface area contributed by atoms with Crippen molar-refractivity contribution in [1.82, 2.24) is 16.0 Å². The van der Waals surface area contributed by atoms with Crippen molar-refractivity contribution in [2.45, 2.75) is 50.9 Å². The van der Waals surface area contributed by atoms with Gasteiger partial charge in [-0.25, -0.2) is 4.79 Å². The van der Waals surface area contributed by atoms with E-state index in [0.717, 1.165) is 0 Å². The maximum absolute atomic E-state index is 12.4. The van der Waals surface area contributed by atoms with Gasteiger partial charge in [0, 0.05) is 5.75 Å². The van der Waals surface area contributed by atoms with Crippen molar-refractivity contribution in [1.29, 1.82) is 0 Å². The summed E-state index contributed by atoms with van der Waals surface area (Å²) in [6, 6.07) is -5.24. The van der Waals surface area contributed by atoms with E-state index in [1.165, 1.54) is 0 Å². The number of hydrogen-bond donors (Lipinski definition) is 8. The Bertz CT molecular complexity index is 618. The molecule has 0 aromatic heterocycles. The van der Waals surface area contributed by atoms with Crippen LogP contribution < -0.4 is 27.4 Å². The minimum Gasteiger partial charge on any atom is -0.480 e. The lowest BCUT2D eigenvalue weighted by atomic mass is 9.99. The summed E-state index contributed by atoms with van der Waals surface area (Å²) >= 11 is 3.79. The molecule has 0 aromatic carbocycles. The summed E-state index contributed by atoms with van der Waals surface area (Å²) in [7, 11) is 0. The van der Waals surface area contributed by atoms with Crippen LogP contribution >= 0.6 is 12.6 Å². The summed E-state index contributed by atoms with van der Waals surface area (Å²) in [5.74, 6) is -5.31. The number of aliphatic hydroxyl groups excluding tert-OH is 1. The second kappa shape index (κ2) is 13.0. The lowest BCUT2D eigenvalue weighted by Gasteiger charge is -2.24. The summed E-state index contributed by atoms with van der Waals surface area (Å²) in [6.45, 7) is 2.70. The van der Waals surface area contributed by atoms with E-state index in [1.807, 2.05) is 6.92 Å². The van der Waals surface area contributed by atoms with Gasteiger partial charge in [0.15, 0.2) is 0 Å². The van der Waals surface area contributed by atoms with E-state index in [9.17, 15) is 29.1 Å². The van der Waals surface area contributed by atoms with E-state index in [2.05, 4.69) is 28.6 Å². The van der Waals surface area contributed by atoms with Crippen LogP contribution in [0.15, 0.2) is 0 Å². The van der Waals surface area contributed by atoms with Gasteiger partial charge in [0.05, 0.1) is 19.1 Å². The number of aliphatic hydroxyl groups is 1. The van der Waals surface area contributed by atoms with Gasteiger partial charge in [-0.15, -0.1) is 0 Å². The lowest BCUT2D eigenvalue weighted by Crippen LogP contribution is -2.59. The Morgan fingerprint density at radius 3 is 1.86 bits per heavy atom. The average molecular weight is 436 g/mol. The zero-order valence-corrected chi connectivity index (χ0v) is 17.1. The van der Waals surface area contributed by atoms with E-state index in [0.29, 0.717) is 6.42 Å². The summed E-state index contributed by atoms with van der Waals surface area (Å²) < 4.78 is 0. The molecule has 0 saturated heterocycles. The molecule has 5 unspecified atom stereocenters. The Hall–Kier alpha value is -2.38. The zero-order valence-electron chi connectivity index (χ0n) is 16.3. The molecular formula is C16H29N5O7S. The number of nitrogens with one attached hydrogen (secondary N) is 3. The second-order valence-corrected chi connectivity index (χ2v) is 6.83. The van der Waals surface area contributed by atoms with Gasteiger partial charge < -0.3 is 37.6 Å². The number of primary amides is 1. The Kier molecular flexibility index (Phi) is 11.9. The molecule has 4 amide bonds. The highest BCUT2D eigenvalue weighted by Gasteiger charge is 2.31. The molecule has 166 valence electrons. The van der Waals surface area contributed by atoms with Gasteiger partial charge in [0.25, 0.3) is 0 Å². The highest BCUT2D eigenvalue weighted by molar-refractivity contribution is 7.80. The first kappa shape index (κ1) is 26.6. The summed E-state index contributed by atoms with van der Waals surface area (Å²) in [4.78, 5) is 59.0. The highest BCUT2D eigenvalue weighted by Crippen LogP contribution is 2.06. The number of aliphatic carboxylic acids is 1. The van der Waals surface area contributed by atoms with Crippen molar-refractivity contribution in [2.24, 2.45) is 17.4 Å². The first-order chi connectivity index (χ1) is 13.5. The molecule has 29 heavy (non-hydrogen) atoms. The van der Waals surface area contributed by atoms with Crippen molar-refractivity contribution in [2.75, 3.05) is 12.4 Å². The molecule has 0 aliphatic carbocycles. The third-order valence-corrected chi connectivity index (χ3v) is 4.58. The maximum Gasteiger partial charge on any atom is 0.327 e. The number of carboxylic acid groups (broad SMARTS) is 1. The van der Waals surface area contributed by atoms with E-state index in [-0.39, 0.29) is 11.7 Å². The molecule has 0 radical (unpaired) electrons. The van der Waals surface area contributed by atoms with Crippen LogP contribution in [-0.4, -0.2) is 76.3 Å². The van der Waals surface area contributed by atoms with Gasteiger partial charge in [-0.1, -0.05) is 20.3 Å². The standard InChI is InChI=1S/C16H29N5O7S/c1-3-7(2)12(18)15(26)19-8(4-11(17)23)13(24)20-9(5-22)14(25)21-10(6-29)16(27)28/h7-10,12,22,29H,3-6,18H2,1-2H3,(H2,17,23)(H,19,26)(H,20,24)(H,21,25)(H,27,28). The Morgan fingerprint density at radius 2 is 1.45 bits per heavy atom. The molecule has 0 saturated carbocycles. The second-order valence-electron chi connectivity index (χ2n) is 6.47. The normalized spacial score (nSPS) is 15.9. The fourth-order valence-electron chi connectivity index (χ4n) is 2.11. The number of carboxylic acids is 1. The van der Waals surface area contributed by atoms with Gasteiger partial charge in [-0.05, 0) is 5.92 Å². The number of amides is 4. The van der Waals surface area contributed by atoms with E-state index in [1.54, 1.807) is 6.92 Å². The number of carbonyl (C=O) groups excluding carboxylic acids is 4. The molecule has 5 atom stereocenters. The van der Waals surface area contributed by atoms with Gasteiger partial charge in [-0.2, -0.15) is 12.6 Å². The molecule has 0 rings (SSSR count). The minimum absolute atomic E-state index is 0.197. The van der Waals surface area contributed by atoms with Crippen LogP contribution in [0, 0.1) is 5.92 Å². The monoisotopic (exact) mass is 435 g/mol. The van der Waals surface area contributed by atoms with Crippen molar-refractivity contribution < 1.29 is 34.2 Å². The number of thiol groups is 1. The zero-order chi connectivity index (χ0) is 22.7. The molecule has 0 fully saturated rings. The first-order valence-electron chi connectivity index (χ1n) is 8.87.